The minimum atomic E-state index is -0.932. The Bertz CT molecular complexity index is 630. The zero-order valence-corrected chi connectivity index (χ0v) is 15.9. The Morgan fingerprint density at radius 3 is 2.73 bits per heavy atom. The molecule has 0 unspecified atom stereocenters. The van der Waals surface area contributed by atoms with E-state index in [4.69, 9.17) is 4.74 Å². The van der Waals surface area contributed by atoms with Gasteiger partial charge in [0.15, 0.2) is 0 Å². The second kappa shape index (κ2) is 6.05. The van der Waals surface area contributed by atoms with Crippen LogP contribution in [0.2, 0.25) is 0 Å². The summed E-state index contributed by atoms with van der Waals surface area (Å²) in [5.74, 6) is 0.739. The fourth-order valence-electron chi connectivity index (χ4n) is 7.37. The van der Waals surface area contributed by atoms with E-state index in [9.17, 15) is 20.1 Å². The Labute approximate surface area is 155 Å². The van der Waals surface area contributed by atoms with Gasteiger partial charge in [-0.05, 0) is 79.1 Å². The van der Waals surface area contributed by atoms with E-state index in [0.717, 1.165) is 44.1 Å². The summed E-state index contributed by atoms with van der Waals surface area (Å²) in [4.78, 5) is 11.3. The average molecular weight is 364 g/mol. The molecule has 4 rings (SSSR count). The molecule has 3 saturated carbocycles. The molecule has 4 aliphatic rings. The van der Waals surface area contributed by atoms with E-state index in [2.05, 4.69) is 6.92 Å². The molecule has 0 amide bonds. The van der Waals surface area contributed by atoms with Gasteiger partial charge in [-0.3, -0.25) is 4.79 Å². The molecule has 26 heavy (non-hydrogen) atoms. The molecule has 0 aromatic rings. The first-order valence-corrected chi connectivity index (χ1v) is 10.1. The molecule has 2 bridgehead atoms. The van der Waals surface area contributed by atoms with E-state index in [-0.39, 0.29) is 35.9 Å². The van der Waals surface area contributed by atoms with Gasteiger partial charge in [-0.2, -0.15) is 0 Å². The smallest absolute Gasteiger partial charge is 0.302 e. The van der Waals surface area contributed by atoms with Crippen molar-refractivity contribution >= 4 is 5.97 Å². The van der Waals surface area contributed by atoms with E-state index >= 15 is 0 Å². The number of fused-ring (bicyclic) bond motifs is 2. The van der Waals surface area contributed by atoms with Gasteiger partial charge in [0.05, 0.1) is 18.3 Å². The highest BCUT2D eigenvalue weighted by Gasteiger charge is 2.67. The molecule has 0 aromatic heterocycles. The molecule has 4 aliphatic carbocycles. The summed E-state index contributed by atoms with van der Waals surface area (Å²) in [6.07, 6.45) is 7.78. The van der Waals surface area contributed by atoms with Crippen LogP contribution in [0, 0.1) is 28.6 Å². The molecule has 1 spiro atoms. The Morgan fingerprint density at radius 1 is 1.27 bits per heavy atom. The van der Waals surface area contributed by atoms with Crippen molar-refractivity contribution in [3.8, 4) is 0 Å². The molecule has 3 fully saturated rings. The van der Waals surface area contributed by atoms with Crippen LogP contribution < -0.4 is 0 Å². The molecule has 146 valence electrons. The first-order chi connectivity index (χ1) is 12.2. The summed E-state index contributed by atoms with van der Waals surface area (Å²) in [7, 11) is 0. The van der Waals surface area contributed by atoms with Crippen molar-refractivity contribution in [3.63, 3.8) is 0 Å². The monoisotopic (exact) mass is 364 g/mol. The summed E-state index contributed by atoms with van der Waals surface area (Å²) in [6.45, 7) is 3.87. The highest BCUT2D eigenvalue weighted by Crippen LogP contribution is 2.73. The Balaban J connectivity index is 1.68. The number of rotatable bonds is 3. The lowest BCUT2D eigenvalue weighted by molar-refractivity contribution is -0.151. The number of hydrogen-bond donors (Lipinski definition) is 3. The lowest BCUT2D eigenvalue weighted by Crippen LogP contribution is -2.57. The van der Waals surface area contributed by atoms with Crippen molar-refractivity contribution < 1.29 is 24.9 Å². The van der Waals surface area contributed by atoms with Gasteiger partial charge in [-0.1, -0.05) is 13.0 Å². The molecule has 5 nitrogen and oxygen atoms in total. The lowest BCUT2D eigenvalue weighted by atomic mass is 9.43. The maximum absolute atomic E-state index is 11.3. The highest BCUT2D eigenvalue weighted by molar-refractivity contribution is 5.66. The summed E-state index contributed by atoms with van der Waals surface area (Å²) >= 11 is 0. The predicted octanol–water partition coefficient (Wildman–Crippen LogP) is 2.19. The van der Waals surface area contributed by atoms with Gasteiger partial charge >= 0.3 is 5.97 Å². The summed E-state index contributed by atoms with van der Waals surface area (Å²) in [6, 6.07) is 0. The first kappa shape index (κ1) is 18.5. The van der Waals surface area contributed by atoms with E-state index < -0.39 is 11.7 Å². The van der Waals surface area contributed by atoms with Gasteiger partial charge in [0.1, 0.15) is 6.61 Å². The van der Waals surface area contributed by atoms with Crippen molar-refractivity contribution in [2.45, 2.75) is 70.5 Å². The van der Waals surface area contributed by atoms with E-state index in [1.807, 2.05) is 6.08 Å². The number of aliphatic hydroxyl groups excluding tert-OH is 2. The van der Waals surface area contributed by atoms with Gasteiger partial charge in [-0.15, -0.1) is 0 Å². The van der Waals surface area contributed by atoms with Gasteiger partial charge in [0, 0.05) is 6.92 Å². The molecule has 0 saturated heterocycles. The van der Waals surface area contributed by atoms with Crippen LogP contribution in [0.4, 0.5) is 0 Å². The molecule has 5 heteroatoms. The maximum atomic E-state index is 11.3. The van der Waals surface area contributed by atoms with E-state index in [0.29, 0.717) is 18.3 Å². The average Bonchev–Trinajstić information content (AvgIpc) is 2.93. The lowest BCUT2D eigenvalue weighted by Gasteiger charge is -2.62. The molecule has 3 N–H and O–H groups in total. The zero-order valence-electron chi connectivity index (χ0n) is 15.9. The maximum Gasteiger partial charge on any atom is 0.302 e. The van der Waals surface area contributed by atoms with Gasteiger partial charge < -0.3 is 20.1 Å². The topological polar surface area (TPSA) is 87.0 Å². The SMILES string of the molecule is CC(=O)OCC1=C[C@H](O)C[C@@]2(C)[C@H]1CC[C@H]1C[C@@H]3C[C@@]12CC[C@]3(O)CO. The minimum Gasteiger partial charge on any atom is -0.461 e. The van der Waals surface area contributed by atoms with Crippen molar-refractivity contribution in [1.29, 1.82) is 0 Å². The summed E-state index contributed by atoms with van der Waals surface area (Å²) in [5.41, 5.74) is 0.197. The van der Waals surface area contributed by atoms with Crippen LogP contribution in [0.15, 0.2) is 11.6 Å². The molecule has 0 heterocycles. The molecule has 0 radical (unpaired) electrons. The van der Waals surface area contributed by atoms with Gasteiger partial charge in [0.2, 0.25) is 0 Å². The summed E-state index contributed by atoms with van der Waals surface area (Å²) in [5, 5.41) is 31.2. The Kier molecular flexibility index (Phi) is 4.29. The third kappa shape index (κ3) is 2.43. The minimum absolute atomic E-state index is 0.0505. The second-order valence-corrected chi connectivity index (χ2v) is 9.59. The summed E-state index contributed by atoms with van der Waals surface area (Å²) < 4.78 is 5.30. The largest absolute Gasteiger partial charge is 0.461 e. The molecule has 7 atom stereocenters. The number of ether oxygens (including phenoxy) is 1. The van der Waals surface area contributed by atoms with Gasteiger partial charge in [0.25, 0.3) is 0 Å². The highest BCUT2D eigenvalue weighted by atomic mass is 16.5. The quantitative estimate of drug-likeness (QED) is 0.528. The second-order valence-electron chi connectivity index (χ2n) is 9.59. The predicted molar refractivity (Wildman–Crippen MR) is 96.1 cm³/mol. The molecule has 0 aliphatic heterocycles. The van der Waals surface area contributed by atoms with Crippen LogP contribution in [0.1, 0.15) is 58.8 Å². The van der Waals surface area contributed by atoms with Crippen molar-refractivity contribution in [2.75, 3.05) is 13.2 Å². The van der Waals surface area contributed by atoms with Crippen molar-refractivity contribution in [2.24, 2.45) is 28.6 Å². The van der Waals surface area contributed by atoms with Crippen LogP contribution in [0.25, 0.3) is 0 Å². The fraction of sp³-hybridized carbons (Fsp3) is 0.857. The van der Waals surface area contributed by atoms with Gasteiger partial charge in [-0.25, -0.2) is 0 Å². The number of esters is 1. The first-order valence-electron chi connectivity index (χ1n) is 10.1. The number of carbonyl (C=O) groups is 1. The standard InChI is InChI=1S/C21H32O5/c1-13(23)26-11-14-7-17(24)10-19(2)18(14)4-3-15-8-16-9-20(15,19)5-6-21(16,25)12-22/h7,15-18,22,24-25H,3-6,8-12H2,1-2H3/t15-,16+,17-,18-,19-,20-,21-/m0/s1. The number of hydrogen-bond acceptors (Lipinski definition) is 5. The Hall–Kier alpha value is -0.910. The van der Waals surface area contributed by atoms with Crippen LogP contribution in [-0.2, 0) is 9.53 Å². The molecular weight excluding hydrogens is 332 g/mol. The fourth-order valence-corrected chi connectivity index (χ4v) is 7.37. The number of carbonyl (C=O) groups excluding carboxylic acids is 1. The van der Waals surface area contributed by atoms with Crippen molar-refractivity contribution in [3.05, 3.63) is 11.6 Å². The third-order valence-corrected chi connectivity index (χ3v) is 8.64. The van der Waals surface area contributed by atoms with E-state index in [1.54, 1.807) is 0 Å². The van der Waals surface area contributed by atoms with Crippen LogP contribution in [0.3, 0.4) is 0 Å². The Morgan fingerprint density at radius 2 is 2.04 bits per heavy atom. The normalized spacial score (nSPS) is 49.8. The van der Waals surface area contributed by atoms with E-state index in [1.165, 1.54) is 6.92 Å². The third-order valence-electron chi connectivity index (χ3n) is 8.64. The van der Waals surface area contributed by atoms with Crippen LogP contribution in [-0.4, -0.2) is 46.2 Å². The zero-order chi connectivity index (χ0) is 18.7. The van der Waals surface area contributed by atoms with Crippen LogP contribution >= 0.6 is 0 Å². The molecular formula is C21H32O5. The molecule has 0 aromatic carbocycles. The number of aliphatic hydroxyl groups is 3. The van der Waals surface area contributed by atoms with Crippen LogP contribution in [0.5, 0.6) is 0 Å². The van der Waals surface area contributed by atoms with Crippen molar-refractivity contribution in [1.82, 2.24) is 0 Å².